The molecule has 7 nitrogen and oxygen atoms in total. The molecule has 1 aliphatic carbocycles. The van der Waals surface area contributed by atoms with Crippen molar-refractivity contribution in [3.05, 3.63) is 47.4 Å². The second kappa shape index (κ2) is 8.49. The van der Waals surface area contributed by atoms with Crippen molar-refractivity contribution in [2.45, 2.75) is 52.0 Å². The van der Waals surface area contributed by atoms with Gasteiger partial charge in [-0.15, -0.1) is 0 Å². The Labute approximate surface area is 198 Å². The van der Waals surface area contributed by atoms with E-state index in [0.717, 1.165) is 11.8 Å². The van der Waals surface area contributed by atoms with Crippen LogP contribution in [0.2, 0.25) is 0 Å². The van der Waals surface area contributed by atoms with Gasteiger partial charge in [-0.3, -0.25) is 14.6 Å². The number of carbonyl (C=O) groups is 3. The molecule has 1 aliphatic heterocycles. The van der Waals surface area contributed by atoms with Gasteiger partial charge in [0.2, 0.25) is 0 Å². The molecular weight excluding hydrogens is 437 g/mol. The number of amides is 2. The summed E-state index contributed by atoms with van der Waals surface area (Å²) in [5.74, 6) is -1.19. The van der Waals surface area contributed by atoms with Crippen molar-refractivity contribution < 1.29 is 23.5 Å². The molecule has 180 valence electrons. The molecule has 1 N–H and O–H groups in total. The first-order valence-corrected chi connectivity index (χ1v) is 11.3. The molecule has 1 saturated heterocycles. The number of nitrogens with one attached hydrogen (secondary N) is 1. The highest BCUT2D eigenvalue weighted by molar-refractivity contribution is 6.11. The van der Waals surface area contributed by atoms with Crippen LogP contribution in [-0.2, 0) is 9.59 Å². The molecule has 1 aromatic heterocycles. The van der Waals surface area contributed by atoms with Crippen molar-refractivity contribution >= 4 is 17.6 Å². The molecule has 1 aromatic carbocycles. The SMILES string of the molecule is COc1cc(-c2ccc(F)cn2)cc(C)c1C1C(=O)CC2(CC1=O)CN(C(=O)NC(C)(C)C)C2. The lowest BCUT2D eigenvalue weighted by atomic mass is 9.63. The smallest absolute Gasteiger partial charge is 0.317 e. The second-order valence-corrected chi connectivity index (χ2v) is 10.5. The number of ether oxygens (including phenoxy) is 1. The minimum Gasteiger partial charge on any atom is -0.496 e. The van der Waals surface area contributed by atoms with Gasteiger partial charge >= 0.3 is 6.03 Å². The molecule has 0 radical (unpaired) electrons. The van der Waals surface area contributed by atoms with Crippen molar-refractivity contribution in [2.24, 2.45) is 5.41 Å². The quantitative estimate of drug-likeness (QED) is 0.689. The average Bonchev–Trinajstić information content (AvgIpc) is 2.71. The molecule has 2 heterocycles. The number of aryl methyl sites for hydroxylation is 1. The third kappa shape index (κ3) is 4.54. The first-order chi connectivity index (χ1) is 15.9. The standard InChI is InChI=1S/C26H30FN3O4/c1-15-8-16(18-7-6-17(27)12-28-18)9-21(34-5)22(15)23-19(31)10-26(11-20(23)32)13-30(14-26)24(33)29-25(2,3)4/h6-9,12,23H,10-11,13-14H2,1-5H3,(H,29,33). The molecule has 4 rings (SSSR count). The zero-order valence-electron chi connectivity index (χ0n) is 20.2. The molecule has 34 heavy (non-hydrogen) atoms. The van der Waals surface area contributed by atoms with E-state index in [-0.39, 0.29) is 36.0 Å². The molecule has 2 aromatic rings. The van der Waals surface area contributed by atoms with Crippen LogP contribution in [0.4, 0.5) is 9.18 Å². The Balaban J connectivity index is 1.55. The van der Waals surface area contributed by atoms with Crippen LogP contribution in [-0.4, -0.2) is 53.2 Å². The first-order valence-electron chi connectivity index (χ1n) is 11.3. The van der Waals surface area contributed by atoms with Crippen LogP contribution >= 0.6 is 0 Å². The van der Waals surface area contributed by atoms with E-state index in [1.165, 1.54) is 13.2 Å². The molecule has 0 atom stereocenters. The summed E-state index contributed by atoms with van der Waals surface area (Å²) in [5.41, 5.74) is 1.75. The number of pyridine rings is 1. The van der Waals surface area contributed by atoms with Gasteiger partial charge in [0.05, 0.1) is 19.0 Å². The van der Waals surface area contributed by atoms with E-state index in [1.54, 1.807) is 17.0 Å². The summed E-state index contributed by atoms with van der Waals surface area (Å²) in [6.07, 6.45) is 1.63. The van der Waals surface area contributed by atoms with Gasteiger partial charge < -0.3 is 15.0 Å². The average molecular weight is 468 g/mol. The van der Waals surface area contributed by atoms with E-state index in [2.05, 4.69) is 10.3 Å². The zero-order valence-corrected chi connectivity index (χ0v) is 20.2. The number of methoxy groups -OCH3 is 1. The topological polar surface area (TPSA) is 88.6 Å². The van der Waals surface area contributed by atoms with E-state index >= 15 is 0 Å². The van der Waals surface area contributed by atoms with Gasteiger partial charge in [0.1, 0.15) is 29.1 Å². The lowest BCUT2D eigenvalue weighted by Crippen LogP contribution is -2.65. The Morgan fingerprint density at radius 3 is 2.35 bits per heavy atom. The number of carbonyl (C=O) groups excluding carboxylic acids is 3. The second-order valence-electron chi connectivity index (χ2n) is 10.5. The van der Waals surface area contributed by atoms with Crippen molar-refractivity contribution in [2.75, 3.05) is 20.2 Å². The largest absolute Gasteiger partial charge is 0.496 e. The Morgan fingerprint density at radius 1 is 1.18 bits per heavy atom. The molecule has 2 amide bonds. The number of hydrogen-bond donors (Lipinski definition) is 1. The summed E-state index contributed by atoms with van der Waals surface area (Å²) in [6, 6.07) is 6.29. The van der Waals surface area contributed by atoms with Crippen LogP contribution in [0.3, 0.4) is 0 Å². The van der Waals surface area contributed by atoms with Crippen molar-refractivity contribution in [1.82, 2.24) is 15.2 Å². The number of nitrogens with zero attached hydrogens (tertiary/aromatic N) is 2. The summed E-state index contributed by atoms with van der Waals surface area (Å²) in [6.45, 7) is 8.34. The molecule has 8 heteroatoms. The monoisotopic (exact) mass is 467 g/mol. The fraction of sp³-hybridized carbons (Fsp3) is 0.462. The van der Waals surface area contributed by atoms with Crippen molar-refractivity contribution in [3.8, 4) is 17.0 Å². The highest BCUT2D eigenvalue weighted by atomic mass is 19.1. The first kappa shape index (κ1) is 23.9. The summed E-state index contributed by atoms with van der Waals surface area (Å²) in [5, 5.41) is 2.92. The van der Waals surface area contributed by atoms with E-state index in [9.17, 15) is 18.8 Å². The number of aromatic nitrogens is 1. The predicted octanol–water partition coefficient (Wildman–Crippen LogP) is 4.03. The molecule has 0 bridgehead atoms. The van der Waals surface area contributed by atoms with Gasteiger partial charge in [-0.1, -0.05) is 0 Å². The number of rotatable bonds is 3. The molecule has 1 saturated carbocycles. The van der Waals surface area contributed by atoms with Gasteiger partial charge in [0, 0.05) is 48.0 Å². The molecule has 2 aliphatic rings. The minimum atomic E-state index is -0.895. The van der Waals surface area contributed by atoms with Crippen molar-refractivity contribution in [3.63, 3.8) is 0 Å². The van der Waals surface area contributed by atoms with Gasteiger partial charge in [-0.05, 0) is 57.5 Å². The van der Waals surface area contributed by atoms with Crippen LogP contribution in [0, 0.1) is 18.2 Å². The van der Waals surface area contributed by atoms with Crippen LogP contribution in [0.15, 0.2) is 30.5 Å². The summed E-state index contributed by atoms with van der Waals surface area (Å²) in [4.78, 5) is 44.8. The minimum absolute atomic E-state index is 0.152. The fourth-order valence-electron chi connectivity index (χ4n) is 5.04. The van der Waals surface area contributed by atoms with E-state index in [1.807, 2.05) is 33.8 Å². The Hall–Kier alpha value is -3.29. The number of Topliss-reactive ketones (excluding diaryl/α,β-unsaturated/α-hetero) is 2. The summed E-state index contributed by atoms with van der Waals surface area (Å²) in [7, 11) is 1.50. The van der Waals surface area contributed by atoms with Crippen LogP contribution < -0.4 is 10.1 Å². The third-order valence-electron chi connectivity index (χ3n) is 6.44. The van der Waals surface area contributed by atoms with Crippen LogP contribution in [0.1, 0.15) is 50.7 Å². The third-order valence-corrected chi connectivity index (χ3v) is 6.44. The molecular formula is C26H30FN3O4. The molecule has 2 fully saturated rings. The number of likely N-dealkylation sites (tertiary alicyclic amines) is 1. The molecule has 1 spiro atoms. The van der Waals surface area contributed by atoms with Crippen molar-refractivity contribution in [1.29, 1.82) is 0 Å². The maximum Gasteiger partial charge on any atom is 0.317 e. The van der Waals surface area contributed by atoms with Crippen LogP contribution in [0.5, 0.6) is 5.75 Å². The number of halogens is 1. The van der Waals surface area contributed by atoms with E-state index < -0.39 is 17.2 Å². The maximum atomic E-state index is 13.3. The number of urea groups is 1. The maximum absolute atomic E-state index is 13.3. The number of benzene rings is 1. The lowest BCUT2D eigenvalue weighted by Gasteiger charge is -2.52. The Bertz CT molecular complexity index is 1130. The molecule has 0 unspecified atom stereocenters. The highest BCUT2D eigenvalue weighted by Gasteiger charge is 2.54. The lowest BCUT2D eigenvalue weighted by molar-refractivity contribution is -0.141. The van der Waals surface area contributed by atoms with Gasteiger partial charge in [-0.25, -0.2) is 9.18 Å². The normalized spacial score (nSPS) is 18.1. The van der Waals surface area contributed by atoms with Gasteiger partial charge in [0.25, 0.3) is 0 Å². The van der Waals surface area contributed by atoms with Gasteiger partial charge in [0.15, 0.2) is 0 Å². The summed E-state index contributed by atoms with van der Waals surface area (Å²) >= 11 is 0. The van der Waals surface area contributed by atoms with Gasteiger partial charge in [-0.2, -0.15) is 0 Å². The highest BCUT2D eigenvalue weighted by Crippen LogP contribution is 2.47. The Kier molecular flexibility index (Phi) is 5.96. The summed E-state index contributed by atoms with van der Waals surface area (Å²) < 4.78 is 18.9. The number of hydrogen-bond acceptors (Lipinski definition) is 5. The van der Waals surface area contributed by atoms with E-state index in [4.69, 9.17) is 4.74 Å². The predicted molar refractivity (Wildman–Crippen MR) is 125 cm³/mol. The zero-order chi connectivity index (χ0) is 24.8. The van der Waals surface area contributed by atoms with E-state index in [0.29, 0.717) is 35.7 Å². The Morgan fingerprint density at radius 2 is 1.82 bits per heavy atom. The fourth-order valence-corrected chi connectivity index (χ4v) is 5.04. The number of ketones is 2. The van der Waals surface area contributed by atoms with Crippen LogP contribution in [0.25, 0.3) is 11.3 Å².